The second-order valence-electron chi connectivity index (χ2n) is 5.23. The van der Waals surface area contributed by atoms with Gasteiger partial charge in [0.15, 0.2) is 0 Å². The Kier molecular flexibility index (Phi) is 4.33. The SMILES string of the molecule is Cc1cc(C)c(S(=O)(=O)N(C)c2cccc(O)c2)cc1C(=O)O. The number of aromatic carboxylic acids is 1. The standard InChI is InChI=1S/C16H17NO5S/c1-10-7-11(2)15(9-14(10)16(19)20)23(21,22)17(3)12-5-4-6-13(18)8-12/h4-9,18H,1-3H3,(H,19,20). The van der Waals surface area contributed by atoms with Crippen molar-refractivity contribution < 1.29 is 23.4 Å². The highest BCUT2D eigenvalue weighted by molar-refractivity contribution is 7.92. The van der Waals surface area contributed by atoms with Crippen molar-refractivity contribution in [2.45, 2.75) is 18.7 Å². The Balaban J connectivity index is 2.60. The van der Waals surface area contributed by atoms with E-state index in [9.17, 15) is 23.4 Å². The number of phenols is 1. The minimum Gasteiger partial charge on any atom is -0.508 e. The zero-order chi connectivity index (χ0) is 17.4. The second kappa shape index (κ2) is 5.92. The molecule has 0 saturated carbocycles. The van der Waals surface area contributed by atoms with Crippen LogP contribution >= 0.6 is 0 Å². The number of carbonyl (C=O) groups is 1. The number of hydrogen-bond donors (Lipinski definition) is 2. The maximum Gasteiger partial charge on any atom is 0.335 e. The van der Waals surface area contributed by atoms with Gasteiger partial charge in [0, 0.05) is 13.1 Å². The fourth-order valence-corrected chi connectivity index (χ4v) is 3.73. The highest BCUT2D eigenvalue weighted by Crippen LogP contribution is 2.28. The van der Waals surface area contributed by atoms with Gasteiger partial charge in [0.2, 0.25) is 0 Å². The molecule has 0 aliphatic heterocycles. The Bertz CT molecular complexity index is 874. The highest BCUT2D eigenvalue weighted by Gasteiger charge is 2.25. The molecule has 6 nitrogen and oxygen atoms in total. The molecule has 2 N–H and O–H groups in total. The van der Waals surface area contributed by atoms with E-state index in [1.54, 1.807) is 19.9 Å². The summed E-state index contributed by atoms with van der Waals surface area (Å²) < 4.78 is 26.6. The summed E-state index contributed by atoms with van der Waals surface area (Å²) in [7, 11) is -2.60. The molecule has 0 unspecified atom stereocenters. The van der Waals surface area contributed by atoms with Crippen molar-refractivity contribution in [2.75, 3.05) is 11.4 Å². The number of aromatic hydroxyl groups is 1. The van der Waals surface area contributed by atoms with Crippen LogP contribution in [-0.4, -0.2) is 31.6 Å². The Labute approximate surface area is 134 Å². The number of anilines is 1. The average molecular weight is 335 g/mol. The van der Waals surface area contributed by atoms with E-state index in [4.69, 9.17) is 0 Å². The van der Waals surface area contributed by atoms with E-state index >= 15 is 0 Å². The molecule has 2 rings (SSSR count). The quantitative estimate of drug-likeness (QED) is 0.895. The zero-order valence-corrected chi connectivity index (χ0v) is 13.8. The van der Waals surface area contributed by atoms with Crippen LogP contribution in [0.5, 0.6) is 5.75 Å². The van der Waals surface area contributed by atoms with Gasteiger partial charge in [0.25, 0.3) is 10.0 Å². The minimum absolute atomic E-state index is 0.0570. The van der Waals surface area contributed by atoms with Crippen LogP contribution in [0.15, 0.2) is 41.3 Å². The maximum atomic E-state index is 12.8. The monoisotopic (exact) mass is 335 g/mol. The topological polar surface area (TPSA) is 94.9 Å². The number of rotatable bonds is 4. The van der Waals surface area contributed by atoms with Crippen molar-refractivity contribution in [3.05, 3.63) is 53.1 Å². The normalized spacial score (nSPS) is 11.3. The van der Waals surface area contributed by atoms with Gasteiger partial charge < -0.3 is 10.2 Å². The van der Waals surface area contributed by atoms with Crippen LogP contribution in [-0.2, 0) is 10.0 Å². The third-order valence-corrected chi connectivity index (χ3v) is 5.51. The van der Waals surface area contributed by atoms with Crippen LogP contribution < -0.4 is 4.31 Å². The summed E-state index contributed by atoms with van der Waals surface area (Å²) in [5, 5.41) is 18.7. The lowest BCUT2D eigenvalue weighted by molar-refractivity contribution is 0.0696. The van der Waals surface area contributed by atoms with Crippen LogP contribution in [0.2, 0.25) is 0 Å². The summed E-state index contributed by atoms with van der Waals surface area (Å²) >= 11 is 0. The Morgan fingerprint density at radius 2 is 1.74 bits per heavy atom. The first-order chi connectivity index (χ1) is 10.6. The van der Waals surface area contributed by atoms with E-state index in [1.807, 2.05) is 0 Å². The van der Waals surface area contributed by atoms with Crippen LogP contribution in [0.1, 0.15) is 21.5 Å². The molecule has 122 valence electrons. The summed E-state index contributed by atoms with van der Waals surface area (Å²) in [6.07, 6.45) is 0. The molecule has 7 heteroatoms. The summed E-state index contributed by atoms with van der Waals surface area (Å²) in [4.78, 5) is 11.2. The van der Waals surface area contributed by atoms with Crippen molar-refractivity contribution in [3.63, 3.8) is 0 Å². The molecule has 0 aliphatic carbocycles. The molecule has 0 saturated heterocycles. The fourth-order valence-electron chi connectivity index (χ4n) is 2.32. The predicted octanol–water partition coefficient (Wildman–Crippen LogP) is 2.53. The minimum atomic E-state index is -3.95. The number of sulfonamides is 1. The number of aryl methyl sites for hydroxylation is 2. The summed E-state index contributed by atoms with van der Waals surface area (Å²) in [6.45, 7) is 3.23. The molecule has 2 aromatic rings. The van der Waals surface area contributed by atoms with E-state index in [2.05, 4.69) is 0 Å². The molecule has 23 heavy (non-hydrogen) atoms. The second-order valence-corrected chi connectivity index (χ2v) is 7.17. The maximum absolute atomic E-state index is 12.8. The zero-order valence-electron chi connectivity index (χ0n) is 12.9. The number of carboxylic acids is 1. The number of hydrogen-bond acceptors (Lipinski definition) is 4. The van der Waals surface area contributed by atoms with Crippen LogP contribution in [0, 0.1) is 13.8 Å². The van der Waals surface area contributed by atoms with Gasteiger partial charge >= 0.3 is 5.97 Å². The predicted molar refractivity (Wildman–Crippen MR) is 86.6 cm³/mol. The van der Waals surface area contributed by atoms with E-state index in [1.165, 1.54) is 37.4 Å². The first-order valence-electron chi connectivity index (χ1n) is 6.77. The molecule has 0 heterocycles. The van der Waals surface area contributed by atoms with E-state index in [-0.39, 0.29) is 21.9 Å². The molecule has 0 fully saturated rings. The van der Waals surface area contributed by atoms with Gasteiger partial charge in [-0.15, -0.1) is 0 Å². The molecule has 0 atom stereocenters. The van der Waals surface area contributed by atoms with Gasteiger partial charge in [-0.25, -0.2) is 13.2 Å². The summed E-state index contributed by atoms with van der Waals surface area (Å²) in [5.74, 6) is -1.24. The molecule has 0 aliphatic rings. The van der Waals surface area contributed by atoms with Gasteiger partial charge in [0.1, 0.15) is 5.75 Å². The molecule has 0 amide bonds. The summed E-state index contributed by atoms with van der Waals surface area (Å²) in [5.41, 5.74) is 1.17. The Hall–Kier alpha value is -2.54. The number of carboxylic acid groups (broad SMARTS) is 1. The van der Waals surface area contributed by atoms with Crippen molar-refractivity contribution >= 4 is 21.7 Å². The van der Waals surface area contributed by atoms with Crippen LogP contribution in [0.4, 0.5) is 5.69 Å². The molecule has 0 radical (unpaired) electrons. The first kappa shape index (κ1) is 16.8. The third-order valence-electron chi connectivity index (χ3n) is 3.58. The average Bonchev–Trinajstić information content (AvgIpc) is 2.45. The number of nitrogens with zero attached hydrogens (tertiary/aromatic N) is 1. The van der Waals surface area contributed by atoms with Crippen molar-refractivity contribution in [1.82, 2.24) is 0 Å². The van der Waals surface area contributed by atoms with Crippen LogP contribution in [0.25, 0.3) is 0 Å². The molecular weight excluding hydrogens is 318 g/mol. The molecule has 0 bridgehead atoms. The van der Waals surface area contributed by atoms with Gasteiger partial charge in [-0.1, -0.05) is 12.1 Å². The van der Waals surface area contributed by atoms with Gasteiger partial charge in [-0.2, -0.15) is 0 Å². The Morgan fingerprint density at radius 3 is 2.30 bits per heavy atom. The molecule has 0 spiro atoms. The largest absolute Gasteiger partial charge is 0.508 e. The Morgan fingerprint density at radius 1 is 1.09 bits per heavy atom. The van der Waals surface area contributed by atoms with Crippen molar-refractivity contribution in [1.29, 1.82) is 0 Å². The molecular formula is C16H17NO5S. The lowest BCUT2D eigenvalue weighted by atomic mass is 10.1. The van der Waals surface area contributed by atoms with Crippen LogP contribution in [0.3, 0.4) is 0 Å². The van der Waals surface area contributed by atoms with Gasteiger partial charge in [0.05, 0.1) is 16.1 Å². The van der Waals surface area contributed by atoms with Gasteiger partial charge in [-0.05, 0) is 43.2 Å². The van der Waals surface area contributed by atoms with E-state index in [0.29, 0.717) is 11.1 Å². The van der Waals surface area contributed by atoms with E-state index in [0.717, 1.165) is 4.31 Å². The van der Waals surface area contributed by atoms with E-state index < -0.39 is 16.0 Å². The van der Waals surface area contributed by atoms with Crippen molar-refractivity contribution in [3.8, 4) is 5.75 Å². The smallest absolute Gasteiger partial charge is 0.335 e. The van der Waals surface area contributed by atoms with Gasteiger partial charge in [-0.3, -0.25) is 4.31 Å². The van der Waals surface area contributed by atoms with Crippen molar-refractivity contribution in [2.24, 2.45) is 0 Å². The lowest BCUT2D eigenvalue weighted by Crippen LogP contribution is -2.27. The summed E-state index contributed by atoms with van der Waals surface area (Å²) in [6, 6.07) is 8.53. The lowest BCUT2D eigenvalue weighted by Gasteiger charge is -2.21. The first-order valence-corrected chi connectivity index (χ1v) is 8.21. The molecule has 2 aromatic carbocycles. The fraction of sp³-hybridized carbons (Fsp3) is 0.188. The molecule has 0 aromatic heterocycles. The number of phenolic OH excluding ortho intramolecular Hbond substituents is 1. The third kappa shape index (κ3) is 3.14. The number of benzene rings is 2. The highest BCUT2D eigenvalue weighted by atomic mass is 32.2.